The number of nitrogens with zero attached hydrogens (tertiary/aromatic N) is 1. The average molecular weight is 347 g/mol. The van der Waals surface area contributed by atoms with Crippen LogP contribution >= 0.6 is 0 Å². The first-order valence-corrected chi connectivity index (χ1v) is 7.71. The summed E-state index contributed by atoms with van der Waals surface area (Å²) < 4.78 is 48.8. The fourth-order valence-electron chi connectivity index (χ4n) is 2.59. The van der Waals surface area contributed by atoms with Crippen molar-refractivity contribution >= 4 is 0 Å². The summed E-state index contributed by atoms with van der Waals surface area (Å²) in [4.78, 5) is 4.03. The van der Waals surface area contributed by atoms with Crippen LogP contribution < -0.4 is 0 Å². The minimum absolute atomic E-state index is 0.0237. The number of rotatable bonds is 5. The van der Waals surface area contributed by atoms with Crippen LogP contribution in [0.2, 0.25) is 0 Å². The maximum Gasteiger partial charge on any atom is 0.523 e. The lowest BCUT2D eigenvalue weighted by atomic mass is 9.90. The number of alkyl halides is 3. The molecule has 0 amide bonds. The van der Waals surface area contributed by atoms with Crippen molar-refractivity contribution in [1.29, 1.82) is 0 Å². The zero-order valence-corrected chi connectivity index (χ0v) is 13.2. The van der Waals surface area contributed by atoms with Crippen LogP contribution in [0.25, 0.3) is 0 Å². The van der Waals surface area contributed by atoms with Gasteiger partial charge < -0.3 is 4.74 Å². The number of benzene rings is 1. The molecule has 1 unspecified atom stereocenters. The molecule has 1 aromatic carbocycles. The van der Waals surface area contributed by atoms with E-state index in [1.165, 1.54) is 24.4 Å². The van der Waals surface area contributed by atoms with Gasteiger partial charge in [0, 0.05) is 12.6 Å². The molecule has 0 radical (unpaired) electrons. The Morgan fingerprint density at radius 1 is 1.04 bits per heavy atom. The highest BCUT2D eigenvalue weighted by Gasteiger charge is 2.44. The molecule has 2 aromatic rings. The highest BCUT2D eigenvalue weighted by Crippen LogP contribution is 2.39. The SMILES string of the molecule is FC(F)(F)OC1(c2ccccn2)C=CC(OCc2ccccc2)=CC1. The minimum atomic E-state index is -4.78. The maximum atomic E-state index is 12.9. The van der Waals surface area contributed by atoms with Gasteiger partial charge in [0.05, 0.1) is 5.69 Å². The Bertz CT molecular complexity index is 757. The van der Waals surface area contributed by atoms with E-state index in [2.05, 4.69) is 9.72 Å². The average Bonchev–Trinajstić information content (AvgIpc) is 2.61. The molecule has 0 spiro atoms. The lowest BCUT2D eigenvalue weighted by molar-refractivity contribution is -0.362. The molecule has 1 aliphatic rings. The van der Waals surface area contributed by atoms with Crippen molar-refractivity contribution in [3.05, 3.63) is 90.0 Å². The van der Waals surface area contributed by atoms with Gasteiger partial charge in [0.15, 0.2) is 0 Å². The van der Waals surface area contributed by atoms with E-state index in [-0.39, 0.29) is 12.1 Å². The van der Waals surface area contributed by atoms with Gasteiger partial charge in [-0.05, 0) is 35.9 Å². The zero-order valence-electron chi connectivity index (χ0n) is 13.2. The number of allylic oxidation sites excluding steroid dienone is 1. The molecule has 1 heterocycles. The molecule has 0 fully saturated rings. The Hall–Kier alpha value is -2.60. The number of pyridine rings is 1. The molecule has 6 heteroatoms. The van der Waals surface area contributed by atoms with E-state index in [1.807, 2.05) is 30.3 Å². The smallest absolute Gasteiger partial charge is 0.489 e. The van der Waals surface area contributed by atoms with Crippen LogP contribution in [0.4, 0.5) is 13.2 Å². The van der Waals surface area contributed by atoms with Crippen molar-refractivity contribution in [2.45, 2.75) is 25.0 Å². The fraction of sp³-hybridized carbons (Fsp3) is 0.211. The Morgan fingerprint density at radius 3 is 2.40 bits per heavy atom. The monoisotopic (exact) mass is 347 g/mol. The summed E-state index contributed by atoms with van der Waals surface area (Å²) in [5.41, 5.74) is -0.508. The van der Waals surface area contributed by atoms with Crippen LogP contribution in [0.15, 0.2) is 78.7 Å². The quantitative estimate of drug-likeness (QED) is 0.773. The topological polar surface area (TPSA) is 31.4 Å². The molecule has 3 rings (SSSR count). The molecule has 0 N–H and O–H groups in total. The molecule has 130 valence electrons. The van der Waals surface area contributed by atoms with E-state index in [9.17, 15) is 13.2 Å². The third-order valence-corrected chi connectivity index (χ3v) is 3.77. The van der Waals surface area contributed by atoms with Crippen molar-refractivity contribution < 1.29 is 22.6 Å². The van der Waals surface area contributed by atoms with Gasteiger partial charge in [0.2, 0.25) is 0 Å². The van der Waals surface area contributed by atoms with Gasteiger partial charge in [-0.2, -0.15) is 0 Å². The maximum absolute atomic E-state index is 12.9. The van der Waals surface area contributed by atoms with Gasteiger partial charge in [-0.25, -0.2) is 0 Å². The van der Waals surface area contributed by atoms with E-state index in [0.717, 1.165) is 5.56 Å². The molecule has 0 saturated heterocycles. The van der Waals surface area contributed by atoms with Crippen molar-refractivity contribution in [3.63, 3.8) is 0 Å². The normalized spacial score (nSPS) is 20.2. The molecule has 25 heavy (non-hydrogen) atoms. The van der Waals surface area contributed by atoms with E-state index < -0.39 is 12.0 Å². The summed E-state index contributed by atoms with van der Waals surface area (Å²) in [7, 11) is 0. The number of ether oxygens (including phenoxy) is 2. The van der Waals surface area contributed by atoms with Crippen molar-refractivity contribution in [2.75, 3.05) is 0 Å². The van der Waals surface area contributed by atoms with Crippen molar-refractivity contribution in [2.24, 2.45) is 0 Å². The summed E-state index contributed by atoms with van der Waals surface area (Å²) in [5, 5.41) is 0. The van der Waals surface area contributed by atoms with Gasteiger partial charge in [-0.1, -0.05) is 36.4 Å². The third-order valence-electron chi connectivity index (χ3n) is 3.77. The van der Waals surface area contributed by atoms with Crippen LogP contribution in [0.5, 0.6) is 0 Å². The first kappa shape index (κ1) is 17.2. The molecular weight excluding hydrogens is 331 g/mol. The van der Waals surface area contributed by atoms with E-state index in [4.69, 9.17) is 4.74 Å². The van der Waals surface area contributed by atoms with E-state index >= 15 is 0 Å². The number of aromatic nitrogens is 1. The van der Waals surface area contributed by atoms with Gasteiger partial charge in [-0.3, -0.25) is 9.72 Å². The Kier molecular flexibility index (Phi) is 4.90. The van der Waals surface area contributed by atoms with E-state index in [1.54, 1.807) is 18.2 Å². The van der Waals surface area contributed by atoms with Crippen LogP contribution in [0.3, 0.4) is 0 Å². The van der Waals surface area contributed by atoms with Crippen molar-refractivity contribution in [1.82, 2.24) is 4.98 Å². The van der Waals surface area contributed by atoms with Crippen LogP contribution in [-0.2, 0) is 21.7 Å². The van der Waals surface area contributed by atoms with Crippen LogP contribution in [-0.4, -0.2) is 11.3 Å². The van der Waals surface area contributed by atoms with Gasteiger partial charge in [0.25, 0.3) is 0 Å². The lowest BCUT2D eigenvalue weighted by Gasteiger charge is -2.32. The Morgan fingerprint density at radius 2 is 1.80 bits per heavy atom. The number of hydrogen-bond donors (Lipinski definition) is 0. The predicted molar refractivity (Wildman–Crippen MR) is 86.1 cm³/mol. The molecular formula is C19H16F3NO2. The predicted octanol–water partition coefficient (Wildman–Crippen LogP) is 4.87. The molecule has 1 aromatic heterocycles. The largest absolute Gasteiger partial charge is 0.523 e. The standard InChI is InChI=1S/C19H16F3NO2/c20-19(21,22)25-18(17-8-4-5-13-23-17)11-9-16(10-12-18)24-14-15-6-2-1-3-7-15/h1-11,13H,12,14H2. The summed E-state index contributed by atoms with van der Waals surface area (Å²) >= 11 is 0. The lowest BCUT2D eigenvalue weighted by Crippen LogP contribution is -2.35. The summed E-state index contributed by atoms with van der Waals surface area (Å²) in [6, 6.07) is 14.3. The second-order valence-corrected chi connectivity index (χ2v) is 5.57. The molecule has 1 atom stereocenters. The second kappa shape index (κ2) is 7.11. The Balaban J connectivity index is 1.75. The molecule has 3 nitrogen and oxygen atoms in total. The highest BCUT2D eigenvalue weighted by molar-refractivity contribution is 5.31. The molecule has 0 aliphatic heterocycles. The fourth-order valence-corrected chi connectivity index (χ4v) is 2.59. The number of hydrogen-bond acceptors (Lipinski definition) is 3. The van der Waals surface area contributed by atoms with Gasteiger partial charge in [-0.15, -0.1) is 13.2 Å². The molecule has 0 bridgehead atoms. The van der Waals surface area contributed by atoms with Crippen LogP contribution in [0.1, 0.15) is 17.7 Å². The summed E-state index contributed by atoms with van der Waals surface area (Å²) in [6.07, 6.45) is 1.07. The molecule has 1 aliphatic carbocycles. The first-order valence-electron chi connectivity index (χ1n) is 7.71. The van der Waals surface area contributed by atoms with Gasteiger partial charge in [0.1, 0.15) is 18.0 Å². The van der Waals surface area contributed by atoms with E-state index in [0.29, 0.717) is 12.4 Å². The van der Waals surface area contributed by atoms with Gasteiger partial charge >= 0.3 is 6.36 Å². The zero-order chi connectivity index (χ0) is 17.8. The Labute approximate surface area is 143 Å². The minimum Gasteiger partial charge on any atom is -0.489 e. The van der Waals surface area contributed by atoms with Crippen LogP contribution in [0, 0.1) is 0 Å². The molecule has 0 saturated carbocycles. The highest BCUT2D eigenvalue weighted by atomic mass is 19.4. The first-order chi connectivity index (χ1) is 12.0. The summed E-state index contributed by atoms with van der Waals surface area (Å²) in [5.74, 6) is 0.501. The number of halogens is 3. The second-order valence-electron chi connectivity index (χ2n) is 5.57. The van der Waals surface area contributed by atoms with Crippen molar-refractivity contribution in [3.8, 4) is 0 Å². The third kappa shape index (κ3) is 4.48. The summed E-state index contributed by atoms with van der Waals surface area (Å²) in [6.45, 7) is 0.341.